The van der Waals surface area contributed by atoms with E-state index in [1.807, 2.05) is 6.07 Å². The smallest absolute Gasteiger partial charge is 0.0362 e. The highest BCUT2D eigenvalue weighted by atomic mass is 15.0. The van der Waals surface area contributed by atoms with Gasteiger partial charge in [0.2, 0.25) is 0 Å². The minimum Gasteiger partial charge on any atom is -0.398 e. The molecule has 0 aliphatic carbocycles. The van der Waals surface area contributed by atoms with Gasteiger partial charge < -0.3 is 11.1 Å². The highest BCUT2D eigenvalue weighted by Gasteiger charge is 2.20. The third kappa shape index (κ3) is 1.62. The number of nitrogens with two attached hydrogens (primary N) is 1. The van der Waals surface area contributed by atoms with E-state index in [2.05, 4.69) is 31.3 Å². The lowest BCUT2D eigenvalue weighted by Gasteiger charge is -2.29. The van der Waals surface area contributed by atoms with Gasteiger partial charge in [0.05, 0.1) is 0 Å². The zero-order chi connectivity index (χ0) is 10.1. The fraction of sp³-hybridized carbons (Fsp3) is 0.500. The normalized spacial score (nSPS) is 20.9. The molecule has 3 N–H and O–H groups in total. The molecule has 1 atom stereocenters. The van der Waals surface area contributed by atoms with Crippen molar-refractivity contribution in [2.24, 2.45) is 0 Å². The Morgan fingerprint density at radius 2 is 2.14 bits per heavy atom. The Morgan fingerprint density at radius 1 is 1.43 bits per heavy atom. The summed E-state index contributed by atoms with van der Waals surface area (Å²) in [7, 11) is 0. The van der Waals surface area contributed by atoms with Crippen LogP contribution in [-0.4, -0.2) is 6.54 Å². The summed E-state index contributed by atoms with van der Waals surface area (Å²) in [6.07, 6.45) is 1.21. The first-order chi connectivity index (χ1) is 6.68. The maximum Gasteiger partial charge on any atom is 0.0362 e. The van der Waals surface area contributed by atoms with E-state index in [1.165, 1.54) is 17.5 Å². The zero-order valence-electron chi connectivity index (χ0n) is 8.88. The van der Waals surface area contributed by atoms with Gasteiger partial charge in [-0.2, -0.15) is 0 Å². The number of nitrogen functional groups attached to an aromatic ring is 1. The maximum absolute atomic E-state index is 5.96. The Kier molecular flexibility index (Phi) is 2.46. The van der Waals surface area contributed by atoms with Crippen LogP contribution in [0.5, 0.6) is 0 Å². The predicted molar refractivity (Wildman–Crippen MR) is 60.3 cm³/mol. The number of hydrogen-bond donors (Lipinski definition) is 2. The summed E-state index contributed by atoms with van der Waals surface area (Å²) >= 11 is 0. The van der Waals surface area contributed by atoms with Crippen LogP contribution < -0.4 is 11.1 Å². The molecule has 1 heterocycles. The van der Waals surface area contributed by atoms with Crippen molar-refractivity contribution < 1.29 is 0 Å². The van der Waals surface area contributed by atoms with Gasteiger partial charge in [0.1, 0.15) is 0 Å². The van der Waals surface area contributed by atoms with Gasteiger partial charge in [-0.05, 0) is 36.1 Å². The summed E-state index contributed by atoms with van der Waals surface area (Å²) in [5, 5.41) is 3.39. The Bertz CT molecular complexity index is 327. The molecule has 0 aromatic heterocycles. The summed E-state index contributed by atoms with van der Waals surface area (Å²) in [6.45, 7) is 5.54. The van der Waals surface area contributed by atoms with Crippen molar-refractivity contribution in [2.75, 3.05) is 12.3 Å². The van der Waals surface area contributed by atoms with Gasteiger partial charge in [-0.25, -0.2) is 0 Å². The summed E-state index contributed by atoms with van der Waals surface area (Å²) < 4.78 is 0. The van der Waals surface area contributed by atoms with E-state index < -0.39 is 0 Å². The minimum atomic E-state index is 0.494. The SMILES string of the molecule is CC(C)c1ccc(N)c([C@@H]2CCN2)c1. The minimum absolute atomic E-state index is 0.494. The molecule has 0 amide bonds. The van der Waals surface area contributed by atoms with Gasteiger partial charge in [-0.1, -0.05) is 26.0 Å². The van der Waals surface area contributed by atoms with Crippen molar-refractivity contribution in [1.82, 2.24) is 5.32 Å². The van der Waals surface area contributed by atoms with Crippen LogP contribution in [0.3, 0.4) is 0 Å². The van der Waals surface area contributed by atoms with E-state index in [9.17, 15) is 0 Å². The van der Waals surface area contributed by atoms with Gasteiger partial charge in [0.25, 0.3) is 0 Å². The molecule has 0 radical (unpaired) electrons. The van der Waals surface area contributed by atoms with Crippen molar-refractivity contribution >= 4 is 5.69 Å². The molecule has 0 spiro atoms. The van der Waals surface area contributed by atoms with Crippen molar-refractivity contribution in [3.05, 3.63) is 29.3 Å². The molecule has 1 saturated heterocycles. The molecule has 14 heavy (non-hydrogen) atoms. The Hall–Kier alpha value is -1.02. The largest absolute Gasteiger partial charge is 0.398 e. The number of benzene rings is 1. The molecule has 0 bridgehead atoms. The monoisotopic (exact) mass is 190 g/mol. The average Bonchev–Trinajstić information content (AvgIpc) is 2.05. The highest BCUT2D eigenvalue weighted by Crippen LogP contribution is 2.30. The highest BCUT2D eigenvalue weighted by molar-refractivity contribution is 5.51. The lowest BCUT2D eigenvalue weighted by Crippen LogP contribution is -2.35. The van der Waals surface area contributed by atoms with E-state index in [0.717, 1.165) is 12.2 Å². The number of anilines is 1. The van der Waals surface area contributed by atoms with Crippen LogP contribution in [0.15, 0.2) is 18.2 Å². The number of rotatable bonds is 2. The Labute approximate surface area is 85.5 Å². The van der Waals surface area contributed by atoms with E-state index in [-0.39, 0.29) is 0 Å². The standard InChI is InChI=1S/C12H18N2/c1-8(2)9-3-4-11(13)10(7-9)12-5-6-14-12/h3-4,7-8,12,14H,5-6,13H2,1-2H3/t12-/m0/s1. The Balaban J connectivity index is 2.31. The van der Waals surface area contributed by atoms with Crippen LogP contribution in [0.1, 0.15) is 43.4 Å². The Morgan fingerprint density at radius 3 is 2.64 bits per heavy atom. The molecule has 76 valence electrons. The second-order valence-corrected chi connectivity index (χ2v) is 4.34. The van der Waals surface area contributed by atoms with Crippen molar-refractivity contribution in [2.45, 2.75) is 32.2 Å². The average molecular weight is 190 g/mol. The van der Waals surface area contributed by atoms with Crippen molar-refractivity contribution in [3.8, 4) is 0 Å². The predicted octanol–water partition coefficient (Wildman–Crippen LogP) is 2.43. The molecule has 1 fully saturated rings. The second kappa shape index (κ2) is 3.62. The molecule has 1 aromatic rings. The zero-order valence-corrected chi connectivity index (χ0v) is 8.88. The second-order valence-electron chi connectivity index (χ2n) is 4.34. The molecular formula is C12H18N2. The fourth-order valence-corrected chi connectivity index (χ4v) is 1.81. The summed E-state index contributed by atoms with van der Waals surface area (Å²) in [6, 6.07) is 6.90. The summed E-state index contributed by atoms with van der Waals surface area (Å²) in [4.78, 5) is 0. The fourth-order valence-electron chi connectivity index (χ4n) is 1.81. The van der Waals surface area contributed by atoms with Gasteiger partial charge in [0.15, 0.2) is 0 Å². The molecular weight excluding hydrogens is 172 g/mol. The molecule has 2 rings (SSSR count). The number of hydrogen-bond acceptors (Lipinski definition) is 2. The van der Waals surface area contributed by atoms with Gasteiger partial charge in [-0.3, -0.25) is 0 Å². The molecule has 0 saturated carbocycles. The van der Waals surface area contributed by atoms with E-state index in [1.54, 1.807) is 0 Å². The van der Waals surface area contributed by atoms with Gasteiger partial charge >= 0.3 is 0 Å². The van der Waals surface area contributed by atoms with Gasteiger partial charge in [0, 0.05) is 11.7 Å². The van der Waals surface area contributed by atoms with Crippen LogP contribution in [0, 0.1) is 0 Å². The molecule has 2 nitrogen and oxygen atoms in total. The quantitative estimate of drug-likeness (QED) is 0.703. The number of nitrogens with one attached hydrogen (secondary N) is 1. The van der Waals surface area contributed by atoms with Crippen LogP contribution >= 0.6 is 0 Å². The van der Waals surface area contributed by atoms with E-state index >= 15 is 0 Å². The molecule has 2 heteroatoms. The molecule has 1 aliphatic heterocycles. The first-order valence-corrected chi connectivity index (χ1v) is 5.31. The van der Waals surface area contributed by atoms with Crippen molar-refractivity contribution in [3.63, 3.8) is 0 Å². The first kappa shape index (κ1) is 9.53. The lowest BCUT2D eigenvalue weighted by atomic mass is 9.92. The summed E-state index contributed by atoms with van der Waals surface area (Å²) in [5.41, 5.74) is 9.54. The first-order valence-electron chi connectivity index (χ1n) is 5.31. The third-order valence-electron chi connectivity index (χ3n) is 2.98. The van der Waals surface area contributed by atoms with Crippen molar-refractivity contribution in [1.29, 1.82) is 0 Å². The van der Waals surface area contributed by atoms with Gasteiger partial charge in [-0.15, -0.1) is 0 Å². The maximum atomic E-state index is 5.96. The van der Waals surface area contributed by atoms with Crippen LogP contribution in [0.2, 0.25) is 0 Å². The van der Waals surface area contributed by atoms with E-state index in [4.69, 9.17) is 5.73 Å². The lowest BCUT2D eigenvalue weighted by molar-refractivity contribution is 0.384. The summed E-state index contributed by atoms with van der Waals surface area (Å²) in [5.74, 6) is 0.578. The molecule has 1 aromatic carbocycles. The van der Waals surface area contributed by atoms with Crippen LogP contribution in [-0.2, 0) is 0 Å². The van der Waals surface area contributed by atoms with Crippen LogP contribution in [0.25, 0.3) is 0 Å². The molecule has 0 unspecified atom stereocenters. The van der Waals surface area contributed by atoms with Crippen LogP contribution in [0.4, 0.5) is 5.69 Å². The topological polar surface area (TPSA) is 38.0 Å². The molecule has 1 aliphatic rings. The third-order valence-corrected chi connectivity index (χ3v) is 2.98. The van der Waals surface area contributed by atoms with E-state index in [0.29, 0.717) is 12.0 Å².